The molecule has 0 spiro atoms. The first kappa shape index (κ1) is 14.5. The molecule has 1 heterocycles. The number of hydrogen-bond donors (Lipinski definition) is 1. The van der Waals surface area contributed by atoms with Gasteiger partial charge in [0.25, 0.3) is 0 Å². The topological polar surface area (TPSA) is 34.1 Å². The predicted molar refractivity (Wildman–Crippen MR) is 85.7 cm³/mol. The van der Waals surface area contributed by atoms with Crippen molar-refractivity contribution < 1.29 is 4.53 Å². The Bertz CT molecular complexity index is 541. The standard InChI is InChI=1S/C16H20N2OSi/c1-20(2,19-18-16-10-4-3-5-11-16)14-8-12-15-9-6-7-13-17-15/h3-11,13-14,18H,12H2,1-2H3/b14-8+. The minimum atomic E-state index is -1.86. The van der Waals surface area contributed by atoms with Gasteiger partial charge in [0.2, 0.25) is 8.32 Å². The maximum Gasteiger partial charge on any atom is 0.246 e. The molecule has 1 aromatic heterocycles. The van der Waals surface area contributed by atoms with Gasteiger partial charge in [-0.05, 0) is 37.4 Å². The summed E-state index contributed by atoms with van der Waals surface area (Å²) >= 11 is 0. The molecule has 4 heteroatoms. The largest absolute Gasteiger partial charge is 0.318 e. The molecule has 0 aliphatic heterocycles. The van der Waals surface area contributed by atoms with E-state index in [-0.39, 0.29) is 0 Å². The number of hydrogen-bond acceptors (Lipinski definition) is 3. The van der Waals surface area contributed by atoms with Gasteiger partial charge in [-0.1, -0.05) is 36.0 Å². The van der Waals surface area contributed by atoms with E-state index in [9.17, 15) is 0 Å². The van der Waals surface area contributed by atoms with Gasteiger partial charge in [0, 0.05) is 18.3 Å². The Balaban J connectivity index is 1.84. The minimum absolute atomic E-state index is 0.839. The Morgan fingerprint density at radius 1 is 1.10 bits per heavy atom. The fraction of sp³-hybridized carbons (Fsp3) is 0.188. The minimum Gasteiger partial charge on any atom is -0.318 e. The summed E-state index contributed by atoms with van der Waals surface area (Å²) in [5.41, 5.74) is 7.26. The second kappa shape index (κ2) is 7.03. The van der Waals surface area contributed by atoms with Crippen molar-refractivity contribution in [3.63, 3.8) is 0 Å². The van der Waals surface area contributed by atoms with Crippen molar-refractivity contribution in [2.45, 2.75) is 19.5 Å². The molecule has 0 aliphatic rings. The number of aromatic nitrogens is 1. The first-order valence-electron chi connectivity index (χ1n) is 6.72. The second-order valence-corrected chi connectivity index (χ2v) is 8.85. The highest BCUT2D eigenvalue weighted by Gasteiger charge is 2.19. The number of nitrogens with one attached hydrogen (secondary N) is 1. The number of allylic oxidation sites excluding steroid dienone is 1. The van der Waals surface area contributed by atoms with Crippen molar-refractivity contribution in [3.8, 4) is 0 Å². The Kier molecular flexibility index (Phi) is 5.09. The quantitative estimate of drug-likeness (QED) is 0.644. The van der Waals surface area contributed by atoms with Crippen molar-refractivity contribution in [3.05, 3.63) is 72.2 Å². The van der Waals surface area contributed by atoms with Crippen LogP contribution in [-0.4, -0.2) is 13.3 Å². The van der Waals surface area contributed by atoms with Crippen LogP contribution in [0.25, 0.3) is 0 Å². The third-order valence-electron chi connectivity index (χ3n) is 2.78. The molecule has 0 radical (unpaired) electrons. The molecule has 0 bridgehead atoms. The predicted octanol–water partition coefficient (Wildman–Crippen LogP) is 3.97. The molecule has 0 fully saturated rings. The normalized spacial score (nSPS) is 11.7. The molecule has 2 aromatic rings. The summed E-state index contributed by atoms with van der Waals surface area (Å²) in [7, 11) is -1.86. The maximum absolute atomic E-state index is 5.84. The Morgan fingerprint density at radius 2 is 1.85 bits per heavy atom. The van der Waals surface area contributed by atoms with Crippen LogP contribution in [0.4, 0.5) is 5.69 Å². The molecular weight excluding hydrogens is 264 g/mol. The lowest BCUT2D eigenvalue weighted by molar-refractivity contribution is 0.405. The average molecular weight is 284 g/mol. The van der Waals surface area contributed by atoms with Crippen LogP contribution in [-0.2, 0) is 10.9 Å². The van der Waals surface area contributed by atoms with E-state index in [0.29, 0.717) is 0 Å². The van der Waals surface area contributed by atoms with Crippen LogP contribution in [0.5, 0.6) is 0 Å². The van der Waals surface area contributed by atoms with Crippen molar-refractivity contribution in [1.29, 1.82) is 0 Å². The zero-order chi connectivity index (χ0) is 14.3. The first-order valence-corrected chi connectivity index (χ1v) is 9.71. The van der Waals surface area contributed by atoms with Crippen LogP contribution < -0.4 is 5.48 Å². The van der Waals surface area contributed by atoms with Crippen LogP contribution in [0.15, 0.2) is 66.5 Å². The molecule has 20 heavy (non-hydrogen) atoms. The van der Waals surface area contributed by atoms with Crippen molar-refractivity contribution >= 4 is 14.0 Å². The van der Waals surface area contributed by atoms with E-state index in [1.165, 1.54) is 0 Å². The van der Waals surface area contributed by atoms with Gasteiger partial charge < -0.3 is 4.53 Å². The van der Waals surface area contributed by atoms with E-state index >= 15 is 0 Å². The summed E-state index contributed by atoms with van der Waals surface area (Å²) in [5.74, 6) is 0. The summed E-state index contributed by atoms with van der Waals surface area (Å²) in [5, 5.41) is 0. The van der Waals surface area contributed by atoms with Gasteiger partial charge in [0.1, 0.15) is 0 Å². The van der Waals surface area contributed by atoms with E-state index in [2.05, 4.69) is 35.3 Å². The number of pyridine rings is 1. The molecule has 0 aliphatic carbocycles. The van der Waals surface area contributed by atoms with Gasteiger partial charge in [-0.15, -0.1) is 0 Å². The van der Waals surface area contributed by atoms with Crippen LogP contribution in [0.1, 0.15) is 5.69 Å². The van der Waals surface area contributed by atoms with Crippen LogP contribution in [0.3, 0.4) is 0 Å². The highest BCUT2D eigenvalue weighted by Crippen LogP contribution is 2.11. The molecule has 104 valence electrons. The molecule has 0 amide bonds. The highest BCUT2D eigenvalue weighted by atomic mass is 28.4. The molecule has 0 saturated heterocycles. The lowest BCUT2D eigenvalue weighted by Gasteiger charge is -2.19. The summed E-state index contributed by atoms with van der Waals surface area (Å²) < 4.78 is 5.84. The summed E-state index contributed by atoms with van der Waals surface area (Å²) in [6.45, 7) is 4.30. The average Bonchev–Trinajstić information content (AvgIpc) is 2.47. The molecule has 3 nitrogen and oxygen atoms in total. The van der Waals surface area contributed by atoms with Gasteiger partial charge in [0.15, 0.2) is 0 Å². The van der Waals surface area contributed by atoms with E-state index in [1.54, 1.807) is 0 Å². The third-order valence-corrected chi connectivity index (χ3v) is 4.44. The van der Waals surface area contributed by atoms with E-state index in [1.807, 2.05) is 54.7 Å². The first-order chi connectivity index (χ1) is 9.66. The van der Waals surface area contributed by atoms with Crippen LogP contribution in [0.2, 0.25) is 13.1 Å². The van der Waals surface area contributed by atoms with Crippen molar-refractivity contribution in [2.75, 3.05) is 5.48 Å². The Hall–Kier alpha value is -1.91. The number of anilines is 1. The van der Waals surface area contributed by atoms with E-state index in [4.69, 9.17) is 4.53 Å². The van der Waals surface area contributed by atoms with Gasteiger partial charge in [-0.3, -0.25) is 10.5 Å². The van der Waals surface area contributed by atoms with Gasteiger partial charge in [-0.2, -0.15) is 0 Å². The SMILES string of the molecule is C[Si](C)(/C=C/Cc1ccccn1)ONc1ccccc1. The summed E-state index contributed by atoms with van der Waals surface area (Å²) in [4.78, 5) is 4.30. The number of nitrogens with zero attached hydrogens (tertiary/aromatic N) is 1. The Morgan fingerprint density at radius 3 is 2.55 bits per heavy atom. The smallest absolute Gasteiger partial charge is 0.246 e. The van der Waals surface area contributed by atoms with Crippen molar-refractivity contribution in [2.24, 2.45) is 0 Å². The summed E-state index contributed by atoms with van der Waals surface area (Å²) in [6, 6.07) is 15.9. The maximum atomic E-state index is 5.84. The summed E-state index contributed by atoms with van der Waals surface area (Å²) in [6.07, 6.45) is 4.80. The lowest BCUT2D eigenvalue weighted by atomic mass is 10.3. The van der Waals surface area contributed by atoms with Gasteiger partial charge in [0.05, 0.1) is 5.69 Å². The molecular formula is C16H20N2OSi. The zero-order valence-corrected chi connectivity index (χ0v) is 12.9. The van der Waals surface area contributed by atoms with Gasteiger partial charge in [-0.25, -0.2) is 0 Å². The fourth-order valence-corrected chi connectivity index (χ4v) is 2.85. The molecule has 0 atom stereocenters. The number of para-hydroxylation sites is 1. The molecule has 0 unspecified atom stereocenters. The number of rotatable bonds is 6. The molecule has 2 rings (SSSR count). The molecule has 1 aromatic carbocycles. The second-order valence-electron chi connectivity index (χ2n) is 5.10. The fourth-order valence-electron chi connectivity index (χ4n) is 1.71. The van der Waals surface area contributed by atoms with Crippen molar-refractivity contribution in [1.82, 2.24) is 4.98 Å². The van der Waals surface area contributed by atoms with Crippen LogP contribution in [0, 0.1) is 0 Å². The Labute approximate surface area is 121 Å². The molecule has 0 saturated carbocycles. The zero-order valence-electron chi connectivity index (χ0n) is 11.9. The van der Waals surface area contributed by atoms with Gasteiger partial charge >= 0.3 is 0 Å². The highest BCUT2D eigenvalue weighted by molar-refractivity contribution is 6.76. The lowest BCUT2D eigenvalue weighted by Crippen LogP contribution is -2.30. The van der Waals surface area contributed by atoms with Crippen LogP contribution >= 0.6 is 0 Å². The number of benzene rings is 1. The van der Waals surface area contributed by atoms with E-state index < -0.39 is 8.32 Å². The molecule has 1 N–H and O–H groups in total. The third kappa shape index (κ3) is 4.99. The monoisotopic (exact) mass is 284 g/mol. The van der Waals surface area contributed by atoms with E-state index in [0.717, 1.165) is 17.8 Å².